The van der Waals surface area contributed by atoms with E-state index in [1.807, 2.05) is 32.3 Å². The number of hydrogen-bond donors (Lipinski definition) is 1. The second kappa shape index (κ2) is 6.94. The normalized spacial score (nSPS) is 14.4. The summed E-state index contributed by atoms with van der Waals surface area (Å²) in [5.74, 6) is -0.452. The Balaban J connectivity index is 2.58. The Morgan fingerprint density at radius 1 is 1.12 bits per heavy atom. The molecule has 5 heteroatoms. The summed E-state index contributed by atoms with van der Waals surface area (Å²) in [6.07, 6.45) is -1.06. The third-order valence-corrected chi connectivity index (χ3v) is 4.56. The number of halogens is 1. The van der Waals surface area contributed by atoms with E-state index in [1.54, 1.807) is 19.2 Å². The molecule has 0 aromatic heterocycles. The molecule has 0 saturated heterocycles. The lowest BCUT2D eigenvalue weighted by Crippen LogP contribution is -2.45. The van der Waals surface area contributed by atoms with Crippen molar-refractivity contribution in [2.45, 2.75) is 19.3 Å². The Morgan fingerprint density at radius 3 is 2.20 bits per heavy atom. The zero-order valence-electron chi connectivity index (χ0n) is 15.5. The quantitative estimate of drug-likeness (QED) is 0.805. The minimum atomic E-state index is -1.06. The number of carboxylic acid groups (broad SMARTS) is 1. The summed E-state index contributed by atoms with van der Waals surface area (Å²) in [5.41, 5.74) is 1.85. The summed E-state index contributed by atoms with van der Waals surface area (Å²) < 4.78 is 13.2. The molecule has 1 atom stereocenters. The summed E-state index contributed by atoms with van der Waals surface area (Å²) in [5, 5.41) is 9.91. The van der Waals surface area contributed by atoms with Gasteiger partial charge in [0, 0.05) is 36.2 Å². The van der Waals surface area contributed by atoms with Crippen LogP contribution in [0, 0.1) is 5.82 Å². The number of benzene rings is 2. The second-order valence-electron chi connectivity index (χ2n) is 7.44. The maximum atomic E-state index is 13.7. The molecule has 2 aromatic carbocycles. The van der Waals surface area contributed by atoms with Crippen LogP contribution in [0.1, 0.15) is 19.4 Å². The van der Waals surface area contributed by atoms with Crippen molar-refractivity contribution in [3.8, 4) is 0 Å². The van der Waals surface area contributed by atoms with E-state index in [4.69, 9.17) is 0 Å². The third-order valence-electron chi connectivity index (χ3n) is 4.56. The first-order valence-electron chi connectivity index (χ1n) is 8.19. The van der Waals surface area contributed by atoms with E-state index >= 15 is 0 Å². The first-order chi connectivity index (χ1) is 11.6. The number of amides is 1. The van der Waals surface area contributed by atoms with Crippen LogP contribution in [0.4, 0.5) is 20.6 Å². The van der Waals surface area contributed by atoms with Crippen molar-refractivity contribution < 1.29 is 14.3 Å². The maximum absolute atomic E-state index is 13.7. The van der Waals surface area contributed by atoms with Crippen molar-refractivity contribution in [1.29, 1.82) is 0 Å². The molecule has 0 saturated carbocycles. The fourth-order valence-corrected chi connectivity index (χ4v) is 3.21. The fourth-order valence-electron chi connectivity index (χ4n) is 3.21. The standard InChI is InChI=1S/C20H25FN2O2/c1-20(2,14-22(3)4)15-8-6-10-17(12-15)23(5,19(24)25)18-11-7-9-16(21)13-18/h6-13H,14H2,1-5H3/p+1. The molecule has 1 N–H and O–H groups in total. The smallest absolute Gasteiger partial charge is 0.435 e. The second-order valence-corrected chi connectivity index (χ2v) is 7.44. The number of rotatable bonds is 5. The summed E-state index contributed by atoms with van der Waals surface area (Å²) >= 11 is 0. The SMILES string of the molecule is CN(C)CC(C)(C)c1cccc([N+](C)(C(=O)O)c2cccc(F)c2)c1. The third kappa shape index (κ3) is 3.89. The molecule has 0 aliphatic heterocycles. The van der Waals surface area contributed by atoms with E-state index in [9.17, 15) is 14.3 Å². The van der Waals surface area contributed by atoms with Crippen LogP contribution in [-0.2, 0) is 5.41 Å². The van der Waals surface area contributed by atoms with Gasteiger partial charge in [-0.2, -0.15) is 9.28 Å². The largest absolute Gasteiger partial charge is 0.523 e. The van der Waals surface area contributed by atoms with E-state index in [0.29, 0.717) is 11.4 Å². The van der Waals surface area contributed by atoms with Gasteiger partial charge in [-0.3, -0.25) is 0 Å². The molecule has 25 heavy (non-hydrogen) atoms. The highest BCUT2D eigenvalue weighted by molar-refractivity contribution is 5.88. The molecule has 0 fully saturated rings. The number of quaternary nitrogens is 1. The highest BCUT2D eigenvalue weighted by Crippen LogP contribution is 2.36. The lowest BCUT2D eigenvalue weighted by molar-refractivity contribution is 0.172. The van der Waals surface area contributed by atoms with E-state index in [-0.39, 0.29) is 5.41 Å². The predicted molar refractivity (Wildman–Crippen MR) is 99.8 cm³/mol. The summed E-state index contributed by atoms with van der Waals surface area (Å²) in [6.45, 7) is 5.08. The molecule has 0 spiro atoms. The number of carbonyl (C=O) groups is 1. The van der Waals surface area contributed by atoms with Gasteiger partial charge in [0.1, 0.15) is 11.5 Å². The number of hydrogen-bond acceptors (Lipinski definition) is 2. The van der Waals surface area contributed by atoms with Crippen molar-refractivity contribution in [3.63, 3.8) is 0 Å². The minimum Gasteiger partial charge on any atom is -0.435 e. The van der Waals surface area contributed by atoms with Crippen LogP contribution in [0.2, 0.25) is 0 Å². The Hall–Kier alpha value is -2.24. The molecule has 4 nitrogen and oxygen atoms in total. The molecule has 0 heterocycles. The van der Waals surface area contributed by atoms with Crippen molar-refractivity contribution in [3.05, 3.63) is 59.9 Å². The lowest BCUT2D eigenvalue weighted by atomic mass is 9.84. The topological polar surface area (TPSA) is 40.5 Å². The molecule has 134 valence electrons. The minimum absolute atomic E-state index is 0.148. The van der Waals surface area contributed by atoms with Gasteiger partial charge in [-0.05, 0) is 25.7 Å². The van der Waals surface area contributed by atoms with Gasteiger partial charge < -0.3 is 10.0 Å². The molecule has 1 unspecified atom stereocenters. The molecule has 2 rings (SSSR count). The van der Waals surface area contributed by atoms with Crippen LogP contribution in [-0.4, -0.2) is 43.8 Å². The van der Waals surface area contributed by atoms with Gasteiger partial charge in [-0.15, -0.1) is 0 Å². The molecule has 0 radical (unpaired) electrons. The van der Waals surface area contributed by atoms with Crippen LogP contribution in [0.3, 0.4) is 0 Å². The molecule has 1 amide bonds. The summed E-state index contributed by atoms with van der Waals surface area (Å²) in [4.78, 5) is 14.2. The molecular weight excluding hydrogens is 319 g/mol. The van der Waals surface area contributed by atoms with E-state index in [0.717, 1.165) is 12.1 Å². The van der Waals surface area contributed by atoms with Gasteiger partial charge in [0.15, 0.2) is 5.69 Å². The molecule has 2 aromatic rings. The van der Waals surface area contributed by atoms with Crippen LogP contribution in [0.5, 0.6) is 0 Å². The zero-order valence-corrected chi connectivity index (χ0v) is 15.5. The highest BCUT2D eigenvalue weighted by atomic mass is 19.1. The van der Waals surface area contributed by atoms with Crippen LogP contribution in [0.15, 0.2) is 48.5 Å². The average Bonchev–Trinajstić information content (AvgIpc) is 2.53. The molecular formula is C20H26FN2O2+. The monoisotopic (exact) mass is 345 g/mol. The van der Waals surface area contributed by atoms with Crippen molar-refractivity contribution in [1.82, 2.24) is 9.38 Å². The van der Waals surface area contributed by atoms with E-state index < -0.39 is 16.4 Å². The molecule has 0 bridgehead atoms. The lowest BCUT2D eigenvalue weighted by Gasteiger charge is -2.31. The van der Waals surface area contributed by atoms with Crippen LogP contribution >= 0.6 is 0 Å². The Labute approximate surface area is 148 Å². The first-order valence-corrected chi connectivity index (χ1v) is 8.19. The Morgan fingerprint density at radius 2 is 1.68 bits per heavy atom. The van der Waals surface area contributed by atoms with Crippen molar-refractivity contribution in [2.24, 2.45) is 0 Å². The molecule has 0 aliphatic carbocycles. The number of nitrogens with zero attached hydrogens (tertiary/aromatic N) is 2. The predicted octanol–water partition coefficient (Wildman–Crippen LogP) is 4.61. The van der Waals surface area contributed by atoms with Gasteiger partial charge in [0.2, 0.25) is 0 Å². The van der Waals surface area contributed by atoms with Crippen LogP contribution in [0.25, 0.3) is 0 Å². The van der Waals surface area contributed by atoms with E-state index in [2.05, 4.69) is 18.7 Å². The van der Waals surface area contributed by atoms with Crippen LogP contribution < -0.4 is 4.48 Å². The van der Waals surface area contributed by atoms with Gasteiger partial charge in [0.05, 0.1) is 7.05 Å². The van der Waals surface area contributed by atoms with Gasteiger partial charge >= 0.3 is 6.09 Å². The summed E-state index contributed by atoms with van der Waals surface area (Å²) in [6, 6.07) is 13.3. The number of likely N-dealkylation sites (N-methyl/N-ethyl adjacent to an activating group) is 1. The van der Waals surface area contributed by atoms with Crippen molar-refractivity contribution >= 4 is 17.5 Å². The van der Waals surface area contributed by atoms with Gasteiger partial charge in [0.25, 0.3) is 0 Å². The molecule has 0 aliphatic rings. The highest BCUT2D eigenvalue weighted by Gasteiger charge is 2.38. The Bertz CT molecular complexity index is 774. The Kier molecular flexibility index (Phi) is 5.30. The first kappa shape index (κ1) is 19.1. The zero-order chi connectivity index (χ0) is 18.8. The van der Waals surface area contributed by atoms with Gasteiger partial charge in [-0.1, -0.05) is 32.0 Å². The maximum Gasteiger partial charge on any atom is 0.523 e. The average molecular weight is 345 g/mol. The summed E-state index contributed by atoms with van der Waals surface area (Å²) in [7, 11) is 5.58. The van der Waals surface area contributed by atoms with Crippen molar-refractivity contribution in [2.75, 3.05) is 27.7 Å². The van der Waals surface area contributed by atoms with E-state index in [1.165, 1.54) is 18.2 Å². The van der Waals surface area contributed by atoms with Gasteiger partial charge in [-0.25, -0.2) is 4.39 Å². The fraction of sp³-hybridized carbons (Fsp3) is 0.350.